The zero-order valence-corrected chi connectivity index (χ0v) is 11.9. The molecule has 18 heavy (non-hydrogen) atoms. The summed E-state index contributed by atoms with van der Waals surface area (Å²) in [5, 5.41) is 3.33. The molecule has 3 aliphatic rings. The fourth-order valence-corrected chi connectivity index (χ4v) is 3.95. The summed E-state index contributed by atoms with van der Waals surface area (Å²) in [6, 6.07) is 0.133. The molecule has 1 atom stereocenters. The third-order valence-corrected chi connectivity index (χ3v) is 5.02. The second-order valence-corrected chi connectivity index (χ2v) is 6.22. The molecule has 1 N–H and O–H groups in total. The second-order valence-electron chi connectivity index (χ2n) is 6.22. The highest BCUT2D eigenvalue weighted by atomic mass is 35.5. The fraction of sp³-hybridized carbons (Fsp3) is 0.929. The van der Waals surface area contributed by atoms with E-state index in [2.05, 4.69) is 10.2 Å². The Labute approximate surface area is 116 Å². The minimum atomic E-state index is 0. The first-order valence-electron chi connectivity index (χ1n) is 7.31. The van der Waals surface area contributed by atoms with Crippen molar-refractivity contribution in [1.82, 2.24) is 10.2 Å². The normalized spacial score (nSPS) is 30.4. The van der Waals surface area contributed by atoms with Crippen molar-refractivity contribution < 1.29 is 4.79 Å². The SMILES string of the molecule is Cl.O=C([C@@H]1CCCN1)N1CCC2(CCCCC2)C1. The molecule has 2 aliphatic heterocycles. The van der Waals surface area contributed by atoms with Crippen molar-refractivity contribution in [3.05, 3.63) is 0 Å². The maximum atomic E-state index is 12.3. The average Bonchev–Trinajstić information content (AvgIpc) is 2.99. The third-order valence-electron chi connectivity index (χ3n) is 5.02. The molecule has 0 bridgehead atoms. The van der Waals surface area contributed by atoms with Crippen LogP contribution in [0.3, 0.4) is 0 Å². The van der Waals surface area contributed by atoms with Crippen molar-refractivity contribution in [2.75, 3.05) is 19.6 Å². The number of carbonyl (C=O) groups excluding carboxylic acids is 1. The first-order chi connectivity index (χ1) is 8.29. The number of hydrogen-bond donors (Lipinski definition) is 1. The largest absolute Gasteiger partial charge is 0.341 e. The first-order valence-corrected chi connectivity index (χ1v) is 7.31. The standard InChI is InChI=1S/C14H24N2O.ClH/c17-13(12-5-4-9-15-12)16-10-8-14(11-16)6-2-1-3-7-14;/h12,15H,1-11H2;1H/t12-;/m0./s1. The summed E-state index contributed by atoms with van der Waals surface area (Å²) in [6.07, 6.45) is 10.3. The predicted octanol–water partition coefficient (Wildman–Crippen LogP) is 2.34. The van der Waals surface area contributed by atoms with E-state index in [1.165, 1.54) is 38.5 Å². The number of carbonyl (C=O) groups is 1. The highest BCUT2D eigenvalue weighted by Gasteiger charge is 2.41. The number of amides is 1. The Morgan fingerprint density at radius 2 is 1.89 bits per heavy atom. The summed E-state index contributed by atoms with van der Waals surface area (Å²) in [7, 11) is 0. The average molecular weight is 273 g/mol. The van der Waals surface area contributed by atoms with Crippen LogP contribution in [-0.2, 0) is 4.79 Å². The van der Waals surface area contributed by atoms with Crippen molar-refractivity contribution in [2.45, 2.75) is 57.4 Å². The van der Waals surface area contributed by atoms with E-state index in [0.717, 1.165) is 32.5 Å². The number of likely N-dealkylation sites (tertiary alicyclic amines) is 1. The van der Waals surface area contributed by atoms with E-state index in [1.807, 2.05) is 0 Å². The molecule has 104 valence electrons. The van der Waals surface area contributed by atoms with Gasteiger partial charge in [-0.25, -0.2) is 0 Å². The Balaban J connectivity index is 0.00000120. The van der Waals surface area contributed by atoms with Crippen LogP contribution < -0.4 is 5.32 Å². The van der Waals surface area contributed by atoms with Gasteiger partial charge in [0.2, 0.25) is 5.91 Å². The number of hydrogen-bond acceptors (Lipinski definition) is 2. The molecule has 0 aromatic rings. The van der Waals surface area contributed by atoms with E-state index in [4.69, 9.17) is 0 Å². The van der Waals surface area contributed by atoms with Crippen LogP contribution in [0.1, 0.15) is 51.4 Å². The summed E-state index contributed by atoms with van der Waals surface area (Å²) < 4.78 is 0. The van der Waals surface area contributed by atoms with E-state index in [1.54, 1.807) is 0 Å². The van der Waals surface area contributed by atoms with Gasteiger partial charge in [-0.2, -0.15) is 0 Å². The van der Waals surface area contributed by atoms with Gasteiger partial charge in [-0.05, 0) is 44.1 Å². The number of halogens is 1. The lowest BCUT2D eigenvalue weighted by atomic mass is 9.73. The quantitative estimate of drug-likeness (QED) is 0.795. The van der Waals surface area contributed by atoms with E-state index >= 15 is 0 Å². The molecule has 4 heteroatoms. The molecule has 2 heterocycles. The summed E-state index contributed by atoms with van der Waals surface area (Å²) in [4.78, 5) is 14.5. The monoisotopic (exact) mass is 272 g/mol. The van der Waals surface area contributed by atoms with E-state index in [-0.39, 0.29) is 18.4 Å². The summed E-state index contributed by atoms with van der Waals surface area (Å²) in [5.41, 5.74) is 0.506. The molecule has 1 saturated carbocycles. The molecular weight excluding hydrogens is 248 g/mol. The lowest BCUT2D eigenvalue weighted by Gasteiger charge is -2.33. The maximum absolute atomic E-state index is 12.3. The van der Waals surface area contributed by atoms with Gasteiger partial charge in [0.25, 0.3) is 0 Å². The van der Waals surface area contributed by atoms with E-state index in [9.17, 15) is 4.79 Å². The topological polar surface area (TPSA) is 32.3 Å². The van der Waals surface area contributed by atoms with Gasteiger partial charge in [0.15, 0.2) is 0 Å². The first kappa shape index (κ1) is 14.1. The molecule has 1 spiro atoms. The van der Waals surface area contributed by atoms with Gasteiger partial charge in [-0.1, -0.05) is 19.3 Å². The minimum absolute atomic E-state index is 0. The van der Waals surface area contributed by atoms with Gasteiger partial charge in [-0.15, -0.1) is 12.4 Å². The Kier molecular flexibility index (Phi) is 4.54. The van der Waals surface area contributed by atoms with Crippen molar-refractivity contribution in [1.29, 1.82) is 0 Å². The molecule has 1 aliphatic carbocycles. The molecule has 0 unspecified atom stereocenters. The van der Waals surface area contributed by atoms with Gasteiger partial charge in [0, 0.05) is 13.1 Å². The van der Waals surface area contributed by atoms with Crippen molar-refractivity contribution in [2.24, 2.45) is 5.41 Å². The fourth-order valence-electron chi connectivity index (χ4n) is 3.95. The molecule has 3 fully saturated rings. The zero-order chi connectivity index (χ0) is 11.7. The van der Waals surface area contributed by atoms with Crippen molar-refractivity contribution in [3.8, 4) is 0 Å². The van der Waals surface area contributed by atoms with Crippen LogP contribution in [0.4, 0.5) is 0 Å². The zero-order valence-electron chi connectivity index (χ0n) is 11.1. The minimum Gasteiger partial charge on any atom is -0.341 e. The van der Waals surface area contributed by atoms with Gasteiger partial charge in [-0.3, -0.25) is 4.79 Å². The Bertz CT molecular complexity index is 296. The lowest BCUT2D eigenvalue weighted by Crippen LogP contribution is -2.43. The maximum Gasteiger partial charge on any atom is 0.239 e. The molecule has 0 aromatic heterocycles. The van der Waals surface area contributed by atoms with Gasteiger partial charge >= 0.3 is 0 Å². The number of nitrogens with zero attached hydrogens (tertiary/aromatic N) is 1. The van der Waals surface area contributed by atoms with Crippen LogP contribution in [-0.4, -0.2) is 36.5 Å². The highest BCUT2D eigenvalue weighted by Crippen LogP contribution is 2.43. The Morgan fingerprint density at radius 3 is 2.56 bits per heavy atom. The van der Waals surface area contributed by atoms with Crippen molar-refractivity contribution >= 4 is 18.3 Å². The molecule has 2 saturated heterocycles. The van der Waals surface area contributed by atoms with Crippen LogP contribution in [0, 0.1) is 5.41 Å². The predicted molar refractivity (Wildman–Crippen MR) is 75.0 cm³/mol. The molecule has 0 radical (unpaired) electrons. The number of rotatable bonds is 1. The van der Waals surface area contributed by atoms with Gasteiger partial charge in [0.05, 0.1) is 6.04 Å². The molecule has 0 aromatic carbocycles. The second kappa shape index (κ2) is 5.79. The smallest absolute Gasteiger partial charge is 0.239 e. The highest BCUT2D eigenvalue weighted by molar-refractivity contribution is 5.85. The van der Waals surface area contributed by atoms with Crippen LogP contribution in [0.15, 0.2) is 0 Å². The summed E-state index contributed by atoms with van der Waals surface area (Å²) in [6.45, 7) is 3.08. The Morgan fingerprint density at radius 1 is 1.11 bits per heavy atom. The van der Waals surface area contributed by atoms with Crippen LogP contribution >= 0.6 is 12.4 Å². The van der Waals surface area contributed by atoms with E-state index in [0.29, 0.717) is 11.3 Å². The van der Waals surface area contributed by atoms with Crippen LogP contribution in [0.5, 0.6) is 0 Å². The van der Waals surface area contributed by atoms with E-state index < -0.39 is 0 Å². The summed E-state index contributed by atoms with van der Waals surface area (Å²) in [5.74, 6) is 0.380. The summed E-state index contributed by atoms with van der Waals surface area (Å²) >= 11 is 0. The lowest BCUT2D eigenvalue weighted by molar-refractivity contribution is -0.132. The molecule has 1 amide bonds. The number of nitrogens with one attached hydrogen (secondary N) is 1. The Hall–Kier alpha value is -0.280. The third kappa shape index (κ3) is 2.67. The molecule has 3 rings (SSSR count). The van der Waals surface area contributed by atoms with Gasteiger partial charge in [0.1, 0.15) is 0 Å². The van der Waals surface area contributed by atoms with Crippen LogP contribution in [0.25, 0.3) is 0 Å². The van der Waals surface area contributed by atoms with Crippen molar-refractivity contribution in [3.63, 3.8) is 0 Å². The van der Waals surface area contributed by atoms with Gasteiger partial charge < -0.3 is 10.2 Å². The van der Waals surface area contributed by atoms with Crippen LogP contribution in [0.2, 0.25) is 0 Å². The molecule has 3 nitrogen and oxygen atoms in total. The molecular formula is C14H25ClN2O.